The van der Waals surface area contributed by atoms with Gasteiger partial charge < -0.3 is 9.31 Å². The summed E-state index contributed by atoms with van der Waals surface area (Å²) in [5.74, 6) is 0. The maximum Gasteiger partial charge on any atom is 0.411 e. The van der Waals surface area contributed by atoms with E-state index in [1.807, 2.05) is 0 Å². The van der Waals surface area contributed by atoms with E-state index in [1.165, 1.54) is 10.6 Å². The van der Waals surface area contributed by atoms with E-state index in [0.29, 0.717) is 22.6 Å². The normalized spacial score (nSPS) is 20.7. The minimum absolute atomic E-state index is 0.478. The van der Waals surface area contributed by atoms with Gasteiger partial charge in [0.15, 0.2) is 0 Å². The molecule has 0 radical (unpaired) electrons. The summed E-state index contributed by atoms with van der Waals surface area (Å²) in [6.45, 7) is 18.6. The predicted molar refractivity (Wildman–Crippen MR) is 196 cm³/mol. The van der Waals surface area contributed by atoms with Crippen LogP contribution in [0.1, 0.15) is 55.4 Å². The molecule has 0 unspecified atom stereocenters. The SMILES string of the molecule is CC(C)P(c1ccccc1[B-]12OC(=O)O[B-](c3ccccc3P(C(C)C)C(C)C)(c3ccccc31)c1ccccc12)C(C)C. The summed E-state index contributed by atoms with van der Waals surface area (Å²) < 4.78 is 13.7. The number of carbonyl (C=O) groups excluding carboxylic acids is 1. The summed E-state index contributed by atoms with van der Waals surface area (Å²) in [5, 5.41) is 2.63. The van der Waals surface area contributed by atoms with E-state index in [9.17, 15) is 4.79 Å². The summed E-state index contributed by atoms with van der Waals surface area (Å²) >= 11 is 0. The standard InChI is InChI=1S/C37H44B2O3P2/c1-25(2)43(26(3)4)35-23-15-13-21-33(35)38-29-17-9-11-19-31(29)39(42-37(40)41-38,32-20-12-10-18-30(32)38)34-22-14-16-24-36(34)44(27(5)6)28(7)8/h9-28H,1-8H3/q-2. The van der Waals surface area contributed by atoms with Crippen molar-refractivity contribution < 1.29 is 14.1 Å². The lowest BCUT2D eigenvalue weighted by Gasteiger charge is -2.55. The molecule has 0 saturated carbocycles. The predicted octanol–water partition coefficient (Wildman–Crippen LogP) is 4.95. The van der Waals surface area contributed by atoms with Crippen molar-refractivity contribution in [3.05, 3.63) is 97.1 Å². The van der Waals surface area contributed by atoms with Crippen molar-refractivity contribution >= 4 is 78.1 Å². The highest BCUT2D eigenvalue weighted by Crippen LogP contribution is 2.46. The van der Waals surface area contributed by atoms with Gasteiger partial charge in [0.05, 0.1) is 0 Å². The largest absolute Gasteiger partial charge is 0.648 e. The topological polar surface area (TPSA) is 35.5 Å². The smallest absolute Gasteiger partial charge is 0.411 e. The van der Waals surface area contributed by atoms with Crippen molar-refractivity contribution in [1.29, 1.82) is 0 Å². The summed E-state index contributed by atoms with van der Waals surface area (Å²) in [6.07, 6.45) is -4.81. The maximum atomic E-state index is 14.3. The van der Waals surface area contributed by atoms with E-state index in [-0.39, 0.29) is 0 Å². The Labute approximate surface area is 266 Å². The van der Waals surface area contributed by atoms with Crippen LogP contribution in [0, 0.1) is 0 Å². The number of fused-ring (bicyclic) bond motifs is 2. The van der Waals surface area contributed by atoms with Gasteiger partial charge >= 0.3 is 6.16 Å². The third kappa shape index (κ3) is 4.61. The van der Waals surface area contributed by atoms with E-state index >= 15 is 0 Å². The van der Waals surface area contributed by atoms with Gasteiger partial charge in [-0.3, -0.25) is 0 Å². The molecule has 3 nitrogen and oxygen atoms in total. The van der Waals surface area contributed by atoms with Crippen molar-refractivity contribution in [3.63, 3.8) is 0 Å². The van der Waals surface area contributed by atoms with Crippen LogP contribution < -0.4 is 43.4 Å². The zero-order valence-electron chi connectivity index (χ0n) is 27.3. The van der Waals surface area contributed by atoms with Gasteiger partial charge in [0.2, 0.25) is 12.7 Å². The molecule has 0 amide bonds. The second-order valence-corrected chi connectivity index (χ2v) is 20.3. The lowest BCUT2D eigenvalue weighted by molar-refractivity contribution is 0.153. The lowest BCUT2D eigenvalue weighted by atomic mass is 9.13. The van der Waals surface area contributed by atoms with Gasteiger partial charge in [-0.15, -0.1) is 0 Å². The van der Waals surface area contributed by atoms with Crippen LogP contribution in [0.3, 0.4) is 0 Å². The van der Waals surface area contributed by atoms with Crippen molar-refractivity contribution in [1.82, 2.24) is 0 Å². The average molecular weight is 620 g/mol. The van der Waals surface area contributed by atoms with Crippen LogP contribution >= 0.6 is 15.8 Å². The molecule has 0 atom stereocenters. The molecule has 2 bridgehead atoms. The number of hydrogen-bond donors (Lipinski definition) is 0. The highest BCUT2D eigenvalue weighted by atomic mass is 31.1. The Balaban J connectivity index is 1.76. The first-order valence-electron chi connectivity index (χ1n) is 16.2. The van der Waals surface area contributed by atoms with Crippen molar-refractivity contribution in [2.75, 3.05) is 0 Å². The number of benzene rings is 4. The molecule has 0 fully saturated rings. The van der Waals surface area contributed by atoms with Gasteiger partial charge in [-0.2, -0.15) is 32.8 Å². The molecule has 4 aromatic rings. The Bertz CT molecular complexity index is 1510. The highest BCUT2D eigenvalue weighted by Gasteiger charge is 2.53. The first kappa shape index (κ1) is 31.1. The van der Waals surface area contributed by atoms with Crippen LogP contribution in [0.25, 0.3) is 0 Å². The van der Waals surface area contributed by atoms with Crippen LogP contribution in [0.4, 0.5) is 4.79 Å². The number of carbonyl (C=O) groups is 1. The van der Waals surface area contributed by atoms with Gasteiger partial charge in [-0.1, -0.05) is 179 Å². The molecule has 0 N–H and O–H groups in total. The van der Waals surface area contributed by atoms with Crippen LogP contribution in [-0.2, 0) is 9.31 Å². The van der Waals surface area contributed by atoms with E-state index in [1.54, 1.807) is 0 Å². The van der Waals surface area contributed by atoms with Crippen LogP contribution in [0.15, 0.2) is 97.1 Å². The molecule has 0 aliphatic carbocycles. The van der Waals surface area contributed by atoms with Gasteiger partial charge in [0, 0.05) is 0 Å². The minimum Gasteiger partial charge on any atom is -0.648 e. The molecule has 7 heteroatoms. The summed E-state index contributed by atoms with van der Waals surface area (Å²) in [4.78, 5) is 14.3. The Morgan fingerprint density at radius 1 is 0.432 bits per heavy atom. The van der Waals surface area contributed by atoms with Gasteiger partial charge in [-0.25, -0.2) is 4.79 Å². The molecule has 7 rings (SSSR count). The van der Waals surface area contributed by atoms with E-state index in [2.05, 4.69) is 152 Å². The highest BCUT2D eigenvalue weighted by molar-refractivity contribution is 7.68. The summed E-state index contributed by atoms with van der Waals surface area (Å²) in [6, 6.07) is 34.7. The number of rotatable bonds is 8. The van der Waals surface area contributed by atoms with Crippen LogP contribution in [-0.4, -0.2) is 41.5 Å². The third-order valence-electron chi connectivity index (χ3n) is 9.82. The molecule has 0 saturated heterocycles. The van der Waals surface area contributed by atoms with Crippen molar-refractivity contribution in [2.45, 2.75) is 78.0 Å². The fraction of sp³-hybridized carbons (Fsp3) is 0.324. The Morgan fingerprint density at radius 3 is 0.955 bits per heavy atom. The van der Waals surface area contributed by atoms with E-state index in [0.717, 1.165) is 32.8 Å². The summed E-state index contributed by atoms with van der Waals surface area (Å²) in [5.41, 5.74) is 8.42. The number of hydrogen-bond acceptors (Lipinski definition) is 3. The second-order valence-electron chi connectivity index (χ2n) is 13.6. The first-order valence-corrected chi connectivity index (χ1v) is 19.2. The monoisotopic (exact) mass is 620 g/mol. The molecule has 0 spiro atoms. The zero-order valence-corrected chi connectivity index (χ0v) is 29.1. The molecule has 44 heavy (non-hydrogen) atoms. The van der Waals surface area contributed by atoms with Gasteiger partial charge in [0.1, 0.15) is 0 Å². The molecule has 3 heterocycles. The molecule has 3 aliphatic rings. The molecule has 3 aliphatic heterocycles. The van der Waals surface area contributed by atoms with Crippen molar-refractivity contribution in [3.8, 4) is 0 Å². The van der Waals surface area contributed by atoms with Crippen molar-refractivity contribution in [2.24, 2.45) is 0 Å². The molecular weight excluding hydrogens is 576 g/mol. The van der Waals surface area contributed by atoms with Crippen LogP contribution in [0.2, 0.25) is 0 Å². The quantitative estimate of drug-likeness (QED) is 0.207. The van der Waals surface area contributed by atoms with Crippen LogP contribution in [0.5, 0.6) is 0 Å². The van der Waals surface area contributed by atoms with E-state index in [4.69, 9.17) is 9.31 Å². The molecule has 4 aromatic carbocycles. The zero-order chi connectivity index (χ0) is 31.4. The molecule has 228 valence electrons. The van der Waals surface area contributed by atoms with E-state index < -0.39 is 34.7 Å². The Hall–Kier alpha value is -2.86. The second kappa shape index (κ2) is 11.8. The maximum absolute atomic E-state index is 14.3. The molecular formula is C37H44B2O3P2-2. The minimum atomic E-state index is -2.11. The Morgan fingerprint density at radius 2 is 0.682 bits per heavy atom. The fourth-order valence-corrected chi connectivity index (χ4v) is 14.9. The fourth-order valence-electron chi connectivity index (χ4n) is 8.64. The first-order chi connectivity index (χ1) is 21.1. The lowest BCUT2D eigenvalue weighted by Crippen LogP contribution is -2.88. The summed E-state index contributed by atoms with van der Waals surface area (Å²) in [7, 11) is -1.07. The average Bonchev–Trinajstić information content (AvgIpc) is 3.18. The third-order valence-corrected chi connectivity index (χ3v) is 16.2. The Kier molecular flexibility index (Phi) is 8.36. The van der Waals surface area contributed by atoms with Gasteiger partial charge in [-0.05, 0) is 22.6 Å². The molecule has 0 aromatic heterocycles. The van der Waals surface area contributed by atoms with Gasteiger partial charge in [0.25, 0.3) is 0 Å².